The third kappa shape index (κ3) is 3.65. The Morgan fingerprint density at radius 3 is 2.79 bits per heavy atom. The van der Waals surface area contributed by atoms with Gasteiger partial charge in [-0.25, -0.2) is 10.5 Å². The van der Waals surface area contributed by atoms with Crippen LogP contribution < -0.4 is 16.1 Å². The topological polar surface area (TPSA) is 110 Å². The molecule has 0 atom stereocenters. The van der Waals surface area contributed by atoms with Crippen molar-refractivity contribution >= 4 is 39.9 Å². The molecule has 3 N–H and O–H groups in total. The Morgan fingerprint density at radius 2 is 2.04 bits per heavy atom. The molecule has 1 fully saturated rings. The van der Waals surface area contributed by atoms with E-state index in [0.717, 1.165) is 29.4 Å². The number of nitrogens with zero attached hydrogens (tertiary/aromatic N) is 3. The minimum absolute atomic E-state index is 0.0520. The van der Waals surface area contributed by atoms with Gasteiger partial charge in [0.2, 0.25) is 5.91 Å². The zero-order chi connectivity index (χ0) is 19.7. The van der Waals surface area contributed by atoms with E-state index >= 15 is 0 Å². The highest BCUT2D eigenvalue weighted by Crippen LogP contribution is 2.31. The molecule has 2 amide bonds. The molecule has 0 spiro atoms. The summed E-state index contributed by atoms with van der Waals surface area (Å²) in [6, 6.07) is 7.41. The standard InChI is InChI=1S/C19H20N6O3/c1-25-16-7-13(6-5-12(16)9-21-25)22-15-8-17(23-18(26)11-3-4-11)20-10-14(15)19(27)24-28-2/h5-11H,3-4H2,1-2H3,(H,24,27)(H2,20,22,23,26). The van der Waals surface area contributed by atoms with Crippen LogP contribution in [-0.4, -0.2) is 33.7 Å². The van der Waals surface area contributed by atoms with Crippen LogP contribution in [-0.2, 0) is 16.7 Å². The Balaban J connectivity index is 1.66. The van der Waals surface area contributed by atoms with Crippen LogP contribution in [0, 0.1) is 5.92 Å². The third-order valence-corrected chi connectivity index (χ3v) is 4.57. The van der Waals surface area contributed by atoms with Crippen molar-refractivity contribution in [3.63, 3.8) is 0 Å². The highest BCUT2D eigenvalue weighted by molar-refractivity contribution is 6.01. The summed E-state index contributed by atoms with van der Waals surface area (Å²) in [6.07, 6.45) is 4.99. The largest absolute Gasteiger partial charge is 0.355 e. The smallest absolute Gasteiger partial charge is 0.278 e. The first-order valence-electron chi connectivity index (χ1n) is 8.88. The van der Waals surface area contributed by atoms with Gasteiger partial charge in [0.25, 0.3) is 5.91 Å². The van der Waals surface area contributed by atoms with Gasteiger partial charge in [0.15, 0.2) is 0 Å². The van der Waals surface area contributed by atoms with Crippen LogP contribution >= 0.6 is 0 Å². The van der Waals surface area contributed by atoms with Crippen LogP contribution in [0.4, 0.5) is 17.2 Å². The minimum Gasteiger partial charge on any atom is -0.355 e. The maximum atomic E-state index is 12.3. The number of amides is 2. The molecule has 1 aromatic carbocycles. The van der Waals surface area contributed by atoms with Crippen molar-refractivity contribution in [3.8, 4) is 0 Å². The number of anilines is 3. The van der Waals surface area contributed by atoms with Gasteiger partial charge < -0.3 is 10.6 Å². The predicted octanol–water partition coefficient (Wildman–Crippen LogP) is 2.35. The molecule has 0 aliphatic heterocycles. The van der Waals surface area contributed by atoms with Gasteiger partial charge in [0.1, 0.15) is 5.82 Å². The number of hydrogen-bond donors (Lipinski definition) is 3. The average Bonchev–Trinajstić information content (AvgIpc) is 3.47. The number of benzene rings is 1. The van der Waals surface area contributed by atoms with Gasteiger partial charge in [-0.15, -0.1) is 0 Å². The summed E-state index contributed by atoms with van der Waals surface area (Å²) in [4.78, 5) is 33.3. The van der Waals surface area contributed by atoms with Crippen LogP contribution in [0.15, 0.2) is 36.7 Å². The first-order valence-corrected chi connectivity index (χ1v) is 8.88. The Kier molecular flexibility index (Phi) is 4.66. The molecule has 144 valence electrons. The van der Waals surface area contributed by atoms with E-state index in [1.807, 2.05) is 25.2 Å². The highest BCUT2D eigenvalue weighted by atomic mass is 16.6. The molecule has 28 heavy (non-hydrogen) atoms. The van der Waals surface area contributed by atoms with E-state index in [1.54, 1.807) is 16.9 Å². The van der Waals surface area contributed by atoms with E-state index in [4.69, 9.17) is 4.84 Å². The van der Waals surface area contributed by atoms with E-state index in [0.29, 0.717) is 11.5 Å². The molecular formula is C19H20N6O3. The third-order valence-electron chi connectivity index (χ3n) is 4.57. The zero-order valence-corrected chi connectivity index (χ0v) is 15.5. The number of hydrogen-bond acceptors (Lipinski definition) is 6. The van der Waals surface area contributed by atoms with Crippen molar-refractivity contribution < 1.29 is 14.4 Å². The second-order valence-electron chi connectivity index (χ2n) is 6.68. The number of carbonyl (C=O) groups excluding carboxylic acids is 2. The number of fused-ring (bicyclic) bond motifs is 1. The quantitative estimate of drug-likeness (QED) is 0.566. The van der Waals surface area contributed by atoms with Gasteiger partial charge in [0, 0.05) is 36.3 Å². The Bertz CT molecular complexity index is 1060. The molecule has 0 unspecified atom stereocenters. The van der Waals surface area contributed by atoms with Crippen molar-refractivity contribution in [2.45, 2.75) is 12.8 Å². The number of aromatic nitrogens is 3. The molecule has 2 heterocycles. The highest BCUT2D eigenvalue weighted by Gasteiger charge is 2.30. The van der Waals surface area contributed by atoms with E-state index < -0.39 is 5.91 Å². The van der Waals surface area contributed by atoms with Gasteiger partial charge in [-0.1, -0.05) is 0 Å². The number of pyridine rings is 1. The van der Waals surface area contributed by atoms with Crippen LogP contribution in [0.25, 0.3) is 10.9 Å². The lowest BCUT2D eigenvalue weighted by Gasteiger charge is -2.14. The van der Waals surface area contributed by atoms with Crippen LogP contribution in [0.1, 0.15) is 23.2 Å². The van der Waals surface area contributed by atoms with Gasteiger partial charge in [-0.2, -0.15) is 5.10 Å². The normalized spacial score (nSPS) is 13.4. The summed E-state index contributed by atoms with van der Waals surface area (Å²) in [7, 11) is 3.22. The summed E-state index contributed by atoms with van der Waals surface area (Å²) in [5.41, 5.74) is 4.80. The molecule has 9 nitrogen and oxygen atoms in total. The molecular weight excluding hydrogens is 360 g/mol. The summed E-state index contributed by atoms with van der Waals surface area (Å²) in [5, 5.41) is 11.3. The minimum atomic E-state index is -0.445. The fourth-order valence-corrected chi connectivity index (χ4v) is 2.91. The molecule has 2 aromatic heterocycles. The Labute approximate surface area is 161 Å². The molecule has 9 heteroatoms. The van der Waals surface area contributed by atoms with Gasteiger partial charge in [-0.3, -0.25) is 19.1 Å². The zero-order valence-electron chi connectivity index (χ0n) is 15.5. The number of hydroxylamine groups is 1. The lowest BCUT2D eigenvalue weighted by molar-refractivity contribution is -0.117. The number of nitrogens with one attached hydrogen (secondary N) is 3. The van der Waals surface area contributed by atoms with E-state index in [2.05, 4.69) is 26.2 Å². The monoisotopic (exact) mass is 380 g/mol. The maximum Gasteiger partial charge on any atom is 0.278 e. The van der Waals surface area contributed by atoms with Crippen LogP contribution in [0.2, 0.25) is 0 Å². The number of rotatable bonds is 6. The maximum absolute atomic E-state index is 12.3. The molecule has 0 bridgehead atoms. The van der Waals surface area contributed by atoms with E-state index in [-0.39, 0.29) is 17.4 Å². The van der Waals surface area contributed by atoms with Crippen LogP contribution in [0.5, 0.6) is 0 Å². The number of aryl methyl sites for hydroxylation is 1. The second-order valence-corrected chi connectivity index (χ2v) is 6.68. The Hall–Kier alpha value is -3.46. The van der Waals surface area contributed by atoms with Gasteiger partial charge >= 0.3 is 0 Å². The SMILES string of the molecule is CONC(=O)c1cnc(NC(=O)C2CC2)cc1Nc1ccc2cnn(C)c2c1. The van der Waals surface area contributed by atoms with Gasteiger partial charge in [0.05, 0.1) is 30.1 Å². The molecule has 1 aliphatic carbocycles. The lowest BCUT2D eigenvalue weighted by atomic mass is 10.2. The molecule has 4 rings (SSSR count). The fraction of sp³-hybridized carbons (Fsp3) is 0.263. The summed E-state index contributed by atoms with van der Waals surface area (Å²) in [5.74, 6) is -0.0556. The van der Waals surface area contributed by atoms with Crippen molar-refractivity contribution in [2.75, 3.05) is 17.7 Å². The fourth-order valence-electron chi connectivity index (χ4n) is 2.91. The van der Waals surface area contributed by atoms with Crippen molar-refractivity contribution in [1.82, 2.24) is 20.2 Å². The first kappa shape index (κ1) is 17.9. The number of carbonyl (C=O) groups is 2. The van der Waals surface area contributed by atoms with Crippen molar-refractivity contribution in [2.24, 2.45) is 13.0 Å². The summed E-state index contributed by atoms with van der Waals surface area (Å²) >= 11 is 0. The summed E-state index contributed by atoms with van der Waals surface area (Å²) in [6.45, 7) is 0. The predicted molar refractivity (Wildman–Crippen MR) is 104 cm³/mol. The first-order chi connectivity index (χ1) is 13.5. The Morgan fingerprint density at radius 1 is 1.21 bits per heavy atom. The lowest BCUT2D eigenvalue weighted by Crippen LogP contribution is -2.23. The second kappa shape index (κ2) is 7.28. The van der Waals surface area contributed by atoms with Crippen molar-refractivity contribution in [3.05, 3.63) is 42.2 Å². The van der Waals surface area contributed by atoms with E-state index in [9.17, 15) is 9.59 Å². The molecule has 0 radical (unpaired) electrons. The van der Waals surface area contributed by atoms with E-state index in [1.165, 1.54) is 13.3 Å². The van der Waals surface area contributed by atoms with Crippen molar-refractivity contribution in [1.29, 1.82) is 0 Å². The molecule has 1 saturated carbocycles. The molecule has 0 saturated heterocycles. The average molecular weight is 380 g/mol. The van der Waals surface area contributed by atoms with Gasteiger partial charge in [-0.05, 0) is 31.0 Å². The summed E-state index contributed by atoms with van der Waals surface area (Å²) < 4.78 is 1.77. The van der Waals surface area contributed by atoms with Crippen LogP contribution in [0.3, 0.4) is 0 Å². The molecule has 1 aliphatic rings. The molecule has 3 aromatic rings.